The Hall–Kier alpha value is -2.28. The third-order valence-electron chi connectivity index (χ3n) is 6.21. The number of methoxy groups -OCH3 is 3. The van der Waals surface area contributed by atoms with Gasteiger partial charge >= 0.3 is 0 Å². The van der Waals surface area contributed by atoms with E-state index in [2.05, 4.69) is 0 Å². The van der Waals surface area contributed by atoms with Crippen LogP contribution < -0.4 is 9.47 Å². The first-order chi connectivity index (χ1) is 14.1. The Morgan fingerprint density at radius 3 is 2.62 bits per heavy atom. The number of benzene rings is 1. The summed E-state index contributed by atoms with van der Waals surface area (Å²) in [5.74, 6) is 2.45. The molecule has 2 saturated heterocycles. The molecule has 2 atom stereocenters. The first-order valence-electron chi connectivity index (χ1n) is 10.3. The molecule has 7 heteroatoms. The number of likely N-dealkylation sites (tertiary alicyclic amines) is 2. The normalized spacial score (nSPS) is 22.1. The minimum atomic E-state index is 0.0449. The Labute approximate surface area is 172 Å². The third-order valence-corrected chi connectivity index (χ3v) is 6.21. The van der Waals surface area contributed by atoms with Crippen LogP contribution in [-0.2, 0) is 20.7 Å². The quantitative estimate of drug-likeness (QED) is 0.695. The van der Waals surface area contributed by atoms with E-state index >= 15 is 0 Å². The predicted octanol–water partition coefficient (Wildman–Crippen LogP) is 1.98. The van der Waals surface area contributed by atoms with Gasteiger partial charge in [0.2, 0.25) is 11.8 Å². The molecule has 0 saturated carbocycles. The van der Waals surface area contributed by atoms with Gasteiger partial charge in [-0.2, -0.15) is 0 Å². The van der Waals surface area contributed by atoms with Crippen LogP contribution in [0.1, 0.15) is 24.8 Å². The average molecular weight is 405 g/mol. The summed E-state index contributed by atoms with van der Waals surface area (Å²) >= 11 is 0. The van der Waals surface area contributed by atoms with Crippen LogP contribution in [0.3, 0.4) is 0 Å². The van der Waals surface area contributed by atoms with Crippen molar-refractivity contribution in [3.05, 3.63) is 23.8 Å². The maximum absolute atomic E-state index is 12.9. The van der Waals surface area contributed by atoms with Crippen molar-refractivity contribution in [2.75, 3.05) is 54.1 Å². The van der Waals surface area contributed by atoms with Crippen LogP contribution in [0.2, 0.25) is 0 Å². The zero-order valence-corrected chi connectivity index (χ0v) is 17.7. The first kappa shape index (κ1) is 21.4. The van der Waals surface area contributed by atoms with Crippen molar-refractivity contribution in [3.8, 4) is 11.5 Å². The summed E-state index contributed by atoms with van der Waals surface area (Å²) in [4.78, 5) is 28.9. The van der Waals surface area contributed by atoms with Crippen LogP contribution >= 0.6 is 0 Å². The van der Waals surface area contributed by atoms with Gasteiger partial charge < -0.3 is 24.0 Å². The Morgan fingerprint density at radius 1 is 1.10 bits per heavy atom. The van der Waals surface area contributed by atoms with Gasteiger partial charge in [-0.25, -0.2) is 0 Å². The molecule has 2 aliphatic heterocycles. The first-order valence-corrected chi connectivity index (χ1v) is 10.3. The van der Waals surface area contributed by atoms with Gasteiger partial charge in [-0.3, -0.25) is 9.59 Å². The maximum atomic E-state index is 12.9. The number of ether oxygens (including phenoxy) is 3. The molecular weight excluding hydrogens is 372 g/mol. The number of hydrogen-bond donors (Lipinski definition) is 0. The fraction of sp³-hybridized carbons (Fsp3) is 0.636. The Balaban J connectivity index is 1.61. The zero-order chi connectivity index (χ0) is 20.8. The fourth-order valence-electron chi connectivity index (χ4n) is 4.56. The molecule has 1 aromatic carbocycles. The molecule has 29 heavy (non-hydrogen) atoms. The molecule has 0 radical (unpaired) electrons. The van der Waals surface area contributed by atoms with Crippen LogP contribution in [0.15, 0.2) is 18.2 Å². The van der Waals surface area contributed by atoms with Gasteiger partial charge in [0, 0.05) is 39.7 Å². The lowest BCUT2D eigenvalue weighted by molar-refractivity contribution is -0.138. The lowest BCUT2D eigenvalue weighted by Crippen LogP contribution is -2.45. The molecule has 0 aromatic heterocycles. The molecule has 7 nitrogen and oxygen atoms in total. The highest BCUT2D eigenvalue weighted by atomic mass is 16.5. The van der Waals surface area contributed by atoms with Gasteiger partial charge in [0.25, 0.3) is 0 Å². The van der Waals surface area contributed by atoms with Crippen molar-refractivity contribution in [3.63, 3.8) is 0 Å². The van der Waals surface area contributed by atoms with Crippen LogP contribution in [0.5, 0.6) is 11.5 Å². The molecule has 3 rings (SSSR count). The lowest BCUT2D eigenvalue weighted by Gasteiger charge is -2.37. The van der Waals surface area contributed by atoms with E-state index in [0.717, 1.165) is 50.2 Å². The second-order valence-corrected chi connectivity index (χ2v) is 7.86. The number of nitrogens with zero attached hydrogens (tertiary/aromatic N) is 2. The summed E-state index contributed by atoms with van der Waals surface area (Å²) in [5.41, 5.74) is 1.04. The highest BCUT2D eigenvalue weighted by Crippen LogP contribution is 2.34. The zero-order valence-electron chi connectivity index (χ0n) is 17.7. The van der Waals surface area contributed by atoms with Gasteiger partial charge in [0.1, 0.15) is 6.61 Å². The second kappa shape index (κ2) is 9.96. The van der Waals surface area contributed by atoms with Crippen LogP contribution in [0.25, 0.3) is 0 Å². The summed E-state index contributed by atoms with van der Waals surface area (Å²) in [6, 6.07) is 5.84. The molecule has 2 unspecified atom stereocenters. The average Bonchev–Trinajstić information content (AvgIpc) is 2.89. The standard InChI is InChI=1S/C22H32N2O5/c1-27-15-21(26)24-12-8-17-13-20(25)23(11-9-18(17)14-24)10-7-16-5-4-6-19(28-2)22(16)29-3/h4-6,17-18H,7-15H2,1-3H3. The van der Waals surface area contributed by atoms with E-state index in [9.17, 15) is 9.59 Å². The SMILES string of the molecule is COCC(=O)N1CCC2CC(=O)N(CCc3cccc(OC)c3OC)CCC2C1. The summed E-state index contributed by atoms with van der Waals surface area (Å²) in [5, 5.41) is 0. The van der Waals surface area contributed by atoms with Gasteiger partial charge in [-0.15, -0.1) is 0 Å². The number of piperidine rings is 1. The van der Waals surface area contributed by atoms with Crippen molar-refractivity contribution >= 4 is 11.8 Å². The molecule has 2 aliphatic rings. The van der Waals surface area contributed by atoms with Crippen molar-refractivity contribution in [1.82, 2.24) is 9.80 Å². The van der Waals surface area contributed by atoms with Crippen molar-refractivity contribution in [2.45, 2.75) is 25.7 Å². The third kappa shape index (κ3) is 5.01. The van der Waals surface area contributed by atoms with Crippen LogP contribution in [0.4, 0.5) is 0 Å². The molecule has 2 fully saturated rings. The van der Waals surface area contributed by atoms with Gasteiger partial charge in [0.05, 0.1) is 14.2 Å². The van der Waals surface area contributed by atoms with Crippen molar-refractivity contribution < 1.29 is 23.8 Å². The summed E-state index contributed by atoms with van der Waals surface area (Å²) < 4.78 is 15.9. The summed E-state index contributed by atoms with van der Waals surface area (Å²) in [7, 11) is 4.81. The number of hydrogen-bond acceptors (Lipinski definition) is 5. The lowest BCUT2D eigenvalue weighted by atomic mass is 9.82. The van der Waals surface area contributed by atoms with Gasteiger partial charge in [-0.05, 0) is 42.7 Å². The molecule has 0 spiro atoms. The highest BCUT2D eigenvalue weighted by Gasteiger charge is 2.36. The molecule has 1 aromatic rings. The summed E-state index contributed by atoms with van der Waals surface area (Å²) in [6.07, 6.45) is 3.12. The molecule has 0 bridgehead atoms. The van der Waals surface area contributed by atoms with Crippen molar-refractivity contribution in [2.24, 2.45) is 11.8 Å². The van der Waals surface area contributed by atoms with E-state index < -0.39 is 0 Å². The number of carbonyl (C=O) groups excluding carboxylic acids is 2. The smallest absolute Gasteiger partial charge is 0.248 e. The molecule has 160 valence electrons. The number of para-hydroxylation sites is 1. The van der Waals surface area contributed by atoms with E-state index in [0.29, 0.717) is 30.6 Å². The fourth-order valence-corrected chi connectivity index (χ4v) is 4.56. The van der Waals surface area contributed by atoms with E-state index in [4.69, 9.17) is 14.2 Å². The molecule has 2 heterocycles. The maximum Gasteiger partial charge on any atom is 0.248 e. The van der Waals surface area contributed by atoms with Crippen molar-refractivity contribution in [1.29, 1.82) is 0 Å². The Kier molecular flexibility index (Phi) is 7.36. The molecular formula is C22H32N2O5. The number of carbonyl (C=O) groups is 2. The molecule has 2 amide bonds. The number of fused-ring (bicyclic) bond motifs is 1. The van der Waals surface area contributed by atoms with Crippen LogP contribution in [-0.4, -0.2) is 75.7 Å². The number of amides is 2. The largest absolute Gasteiger partial charge is 0.493 e. The Morgan fingerprint density at radius 2 is 1.90 bits per heavy atom. The summed E-state index contributed by atoms with van der Waals surface area (Å²) in [6.45, 7) is 2.98. The molecule has 0 aliphatic carbocycles. The molecule has 0 N–H and O–H groups in total. The highest BCUT2D eigenvalue weighted by molar-refractivity contribution is 5.78. The minimum Gasteiger partial charge on any atom is -0.493 e. The van der Waals surface area contributed by atoms with E-state index in [1.54, 1.807) is 21.3 Å². The Bertz CT molecular complexity index is 723. The predicted molar refractivity (Wildman–Crippen MR) is 109 cm³/mol. The second-order valence-electron chi connectivity index (χ2n) is 7.86. The van der Waals surface area contributed by atoms with E-state index in [1.807, 2.05) is 28.0 Å². The van der Waals surface area contributed by atoms with Crippen LogP contribution in [0, 0.1) is 11.8 Å². The van der Waals surface area contributed by atoms with E-state index in [1.165, 1.54) is 0 Å². The minimum absolute atomic E-state index is 0.0449. The topological polar surface area (TPSA) is 68.3 Å². The number of rotatable bonds is 7. The van der Waals surface area contributed by atoms with Gasteiger partial charge in [0.15, 0.2) is 11.5 Å². The monoisotopic (exact) mass is 404 g/mol. The van der Waals surface area contributed by atoms with E-state index in [-0.39, 0.29) is 18.4 Å². The van der Waals surface area contributed by atoms with Gasteiger partial charge in [-0.1, -0.05) is 12.1 Å².